The lowest BCUT2D eigenvalue weighted by atomic mass is 9.90. The molecule has 1 atom stereocenters. The molecular formula is C15H18FN5O. The lowest BCUT2D eigenvalue weighted by Crippen LogP contribution is -2.34. The Balaban J connectivity index is 1.76. The van der Waals surface area contributed by atoms with E-state index in [9.17, 15) is 9.18 Å². The minimum atomic E-state index is -0.328. The number of likely N-dealkylation sites (tertiary alicyclic amines) is 1. The Hall–Kier alpha value is -2.28. The largest absolute Gasteiger partial charge is 0.337 e. The summed E-state index contributed by atoms with van der Waals surface area (Å²) in [6.45, 7) is 3.94. The van der Waals surface area contributed by atoms with Crippen LogP contribution in [0.5, 0.6) is 0 Å². The van der Waals surface area contributed by atoms with Gasteiger partial charge in [-0.05, 0) is 42.6 Å². The smallest absolute Gasteiger partial charge is 0.276 e. The van der Waals surface area contributed by atoms with Crippen LogP contribution in [0.15, 0.2) is 30.5 Å². The fourth-order valence-electron chi connectivity index (χ4n) is 2.59. The molecule has 2 heterocycles. The molecule has 1 aliphatic rings. The molecule has 1 amide bonds. The molecule has 0 spiro atoms. The van der Waals surface area contributed by atoms with Gasteiger partial charge in [-0.15, -0.1) is 5.10 Å². The summed E-state index contributed by atoms with van der Waals surface area (Å²) in [5, 5.41) is 8.26. The molecule has 0 aliphatic carbocycles. The Morgan fingerprint density at radius 2 is 2.14 bits per heavy atom. The number of carbonyl (C=O) groups excluding carboxylic acids is 1. The highest BCUT2D eigenvalue weighted by Crippen LogP contribution is 2.29. The van der Waals surface area contributed by atoms with Crippen LogP contribution in [0.4, 0.5) is 4.39 Å². The number of nitrogens with two attached hydrogens (primary N) is 1. The third-order valence-electron chi connectivity index (χ3n) is 4.11. The summed E-state index contributed by atoms with van der Waals surface area (Å²) in [6.07, 6.45) is 2.32. The second-order valence-electron chi connectivity index (χ2n) is 5.99. The van der Waals surface area contributed by atoms with E-state index >= 15 is 0 Å². The van der Waals surface area contributed by atoms with Crippen molar-refractivity contribution in [1.29, 1.82) is 0 Å². The van der Waals surface area contributed by atoms with E-state index < -0.39 is 0 Å². The fourth-order valence-corrected chi connectivity index (χ4v) is 2.59. The van der Waals surface area contributed by atoms with E-state index in [1.54, 1.807) is 17.0 Å². The molecule has 0 saturated carbocycles. The Bertz CT molecular complexity index is 683. The number of hydrogen-bond donors (Lipinski definition) is 1. The molecule has 22 heavy (non-hydrogen) atoms. The average Bonchev–Trinajstić information content (AvgIpc) is 3.15. The first-order chi connectivity index (χ1) is 10.5. The van der Waals surface area contributed by atoms with Crippen molar-refractivity contribution in [2.24, 2.45) is 11.1 Å². The molecule has 0 radical (unpaired) electrons. The van der Waals surface area contributed by atoms with Crippen LogP contribution >= 0.6 is 0 Å². The molecule has 116 valence electrons. The summed E-state index contributed by atoms with van der Waals surface area (Å²) in [5.41, 5.74) is 6.62. The number of halogens is 1. The Kier molecular flexibility index (Phi) is 3.66. The van der Waals surface area contributed by atoms with Crippen molar-refractivity contribution in [2.75, 3.05) is 19.6 Å². The van der Waals surface area contributed by atoms with Gasteiger partial charge in [0.1, 0.15) is 5.82 Å². The van der Waals surface area contributed by atoms with Crippen LogP contribution in [0.25, 0.3) is 5.69 Å². The zero-order chi connectivity index (χ0) is 15.7. The summed E-state index contributed by atoms with van der Waals surface area (Å²) >= 11 is 0. The molecule has 1 unspecified atom stereocenters. The van der Waals surface area contributed by atoms with Crippen molar-refractivity contribution in [3.8, 4) is 5.69 Å². The maximum absolute atomic E-state index is 12.9. The molecule has 1 aromatic heterocycles. The molecule has 1 aliphatic heterocycles. The van der Waals surface area contributed by atoms with E-state index in [0.717, 1.165) is 6.42 Å². The Morgan fingerprint density at radius 3 is 2.77 bits per heavy atom. The van der Waals surface area contributed by atoms with Gasteiger partial charge in [-0.3, -0.25) is 4.79 Å². The van der Waals surface area contributed by atoms with Gasteiger partial charge >= 0.3 is 0 Å². The van der Waals surface area contributed by atoms with E-state index in [1.807, 2.05) is 0 Å². The summed E-state index contributed by atoms with van der Waals surface area (Å²) in [6, 6.07) is 5.77. The highest BCUT2D eigenvalue weighted by Gasteiger charge is 2.35. The molecular weight excluding hydrogens is 285 g/mol. The third-order valence-corrected chi connectivity index (χ3v) is 4.11. The van der Waals surface area contributed by atoms with Crippen molar-refractivity contribution in [1.82, 2.24) is 19.9 Å². The highest BCUT2D eigenvalue weighted by molar-refractivity contribution is 5.92. The van der Waals surface area contributed by atoms with Crippen molar-refractivity contribution in [2.45, 2.75) is 13.3 Å². The number of aromatic nitrogens is 3. The minimum absolute atomic E-state index is 0.0252. The van der Waals surface area contributed by atoms with Crippen LogP contribution in [-0.4, -0.2) is 45.4 Å². The van der Waals surface area contributed by atoms with Crippen molar-refractivity contribution in [3.63, 3.8) is 0 Å². The number of benzene rings is 1. The van der Waals surface area contributed by atoms with Crippen LogP contribution < -0.4 is 5.73 Å². The predicted molar refractivity (Wildman–Crippen MR) is 79.0 cm³/mol. The van der Waals surface area contributed by atoms with Gasteiger partial charge in [0.05, 0.1) is 11.9 Å². The Labute approximate surface area is 127 Å². The minimum Gasteiger partial charge on any atom is -0.337 e. The summed E-state index contributed by atoms with van der Waals surface area (Å²) in [4.78, 5) is 15.5. The Morgan fingerprint density at radius 1 is 1.41 bits per heavy atom. The standard InChI is InChI=1S/C15H18FN5O/c1-15(9-17)6-7-20(10-15)14(22)13-8-18-21(19-13)12-4-2-11(16)3-5-12/h2-5,8H,6-7,9-10,17H2,1H3. The zero-order valence-corrected chi connectivity index (χ0v) is 12.4. The van der Waals surface area contributed by atoms with Gasteiger partial charge in [-0.25, -0.2) is 4.39 Å². The molecule has 2 N–H and O–H groups in total. The zero-order valence-electron chi connectivity index (χ0n) is 12.4. The normalized spacial score (nSPS) is 21.3. The highest BCUT2D eigenvalue weighted by atomic mass is 19.1. The van der Waals surface area contributed by atoms with Gasteiger partial charge in [-0.1, -0.05) is 6.92 Å². The summed E-state index contributed by atoms with van der Waals surface area (Å²) in [7, 11) is 0. The molecule has 2 aromatic rings. The predicted octanol–water partition coefficient (Wildman–Crippen LogP) is 1.22. The molecule has 7 heteroatoms. The molecule has 1 saturated heterocycles. The van der Waals surface area contributed by atoms with E-state index in [1.165, 1.54) is 23.1 Å². The monoisotopic (exact) mass is 303 g/mol. The summed E-state index contributed by atoms with van der Waals surface area (Å²) < 4.78 is 12.9. The molecule has 3 rings (SSSR count). The second kappa shape index (κ2) is 5.49. The van der Waals surface area contributed by atoms with Gasteiger partial charge < -0.3 is 10.6 Å². The van der Waals surface area contributed by atoms with Gasteiger partial charge in [0, 0.05) is 13.1 Å². The summed E-state index contributed by atoms with van der Waals surface area (Å²) in [5.74, 6) is -0.476. The van der Waals surface area contributed by atoms with Crippen LogP contribution in [0, 0.1) is 11.2 Å². The van der Waals surface area contributed by atoms with Crippen LogP contribution in [-0.2, 0) is 0 Å². The lowest BCUT2D eigenvalue weighted by Gasteiger charge is -2.21. The van der Waals surface area contributed by atoms with E-state index in [4.69, 9.17) is 5.73 Å². The van der Waals surface area contributed by atoms with Crippen LogP contribution in [0.1, 0.15) is 23.8 Å². The fraction of sp³-hybridized carbons (Fsp3) is 0.400. The SMILES string of the molecule is CC1(CN)CCN(C(=O)c2cnn(-c3ccc(F)cc3)n2)C1. The molecule has 6 nitrogen and oxygen atoms in total. The van der Waals surface area contributed by atoms with Crippen LogP contribution in [0.2, 0.25) is 0 Å². The van der Waals surface area contributed by atoms with E-state index in [2.05, 4.69) is 17.1 Å². The quantitative estimate of drug-likeness (QED) is 0.925. The topological polar surface area (TPSA) is 77.0 Å². The van der Waals surface area contributed by atoms with Crippen molar-refractivity contribution >= 4 is 5.91 Å². The first-order valence-electron chi connectivity index (χ1n) is 7.18. The maximum Gasteiger partial charge on any atom is 0.276 e. The number of rotatable bonds is 3. The van der Waals surface area contributed by atoms with Gasteiger partial charge in [-0.2, -0.15) is 9.90 Å². The average molecular weight is 303 g/mol. The second-order valence-corrected chi connectivity index (χ2v) is 5.99. The number of carbonyl (C=O) groups is 1. The van der Waals surface area contributed by atoms with Gasteiger partial charge in [0.15, 0.2) is 5.69 Å². The van der Waals surface area contributed by atoms with Gasteiger partial charge in [0.25, 0.3) is 5.91 Å². The molecule has 0 bridgehead atoms. The van der Waals surface area contributed by atoms with Crippen molar-refractivity contribution in [3.05, 3.63) is 42.0 Å². The van der Waals surface area contributed by atoms with Gasteiger partial charge in [0.2, 0.25) is 0 Å². The molecule has 1 aromatic carbocycles. The first kappa shape index (κ1) is 14.6. The lowest BCUT2D eigenvalue weighted by molar-refractivity contribution is 0.0770. The number of nitrogens with zero attached hydrogens (tertiary/aromatic N) is 4. The van der Waals surface area contributed by atoms with Crippen molar-refractivity contribution < 1.29 is 9.18 Å². The van der Waals surface area contributed by atoms with E-state index in [0.29, 0.717) is 25.3 Å². The number of amides is 1. The number of hydrogen-bond acceptors (Lipinski definition) is 4. The third kappa shape index (κ3) is 2.71. The maximum atomic E-state index is 12.9. The first-order valence-corrected chi connectivity index (χ1v) is 7.18. The molecule has 1 fully saturated rings. The van der Waals surface area contributed by atoms with E-state index in [-0.39, 0.29) is 22.8 Å². The van der Waals surface area contributed by atoms with Crippen LogP contribution in [0.3, 0.4) is 0 Å².